The van der Waals surface area contributed by atoms with Gasteiger partial charge in [-0.15, -0.1) is 0 Å². The molecule has 1 saturated heterocycles. The lowest BCUT2D eigenvalue weighted by molar-refractivity contribution is -0.0334. The Morgan fingerprint density at radius 3 is 2.14 bits per heavy atom. The van der Waals surface area contributed by atoms with E-state index in [1.54, 1.807) is 21.3 Å². The van der Waals surface area contributed by atoms with Crippen LogP contribution in [0.25, 0.3) is 0 Å². The molecule has 0 aliphatic carbocycles. The third-order valence-electron chi connectivity index (χ3n) is 4.65. The molecule has 160 valence electrons. The van der Waals surface area contributed by atoms with Crippen molar-refractivity contribution in [3.8, 4) is 17.4 Å². The predicted octanol–water partition coefficient (Wildman–Crippen LogP) is 2.78. The molecule has 1 aromatic heterocycles. The summed E-state index contributed by atoms with van der Waals surface area (Å²) < 4.78 is 25.7. The number of aromatic nitrogens is 1. The number of H-pyrrole nitrogens is 1. The number of methoxy groups -OCH3 is 3. The van der Waals surface area contributed by atoms with Gasteiger partial charge < -0.3 is 28.7 Å². The van der Waals surface area contributed by atoms with E-state index < -0.39 is 0 Å². The summed E-state index contributed by atoms with van der Waals surface area (Å²) in [5.41, 5.74) is 2.80. The zero-order valence-corrected chi connectivity index (χ0v) is 17.7. The minimum Gasteiger partial charge on any atom is -0.497 e. The molecule has 1 fully saturated rings. The lowest BCUT2D eigenvalue weighted by atomic mass is 10.0. The Hall–Kier alpha value is -2.51. The molecule has 0 bridgehead atoms. The first-order chi connectivity index (χ1) is 14.1. The fourth-order valence-electron chi connectivity index (χ4n) is 3.08. The molecule has 0 radical (unpaired) electrons. The highest BCUT2D eigenvalue weighted by atomic mass is 16.6. The first-order valence-electron chi connectivity index (χ1n) is 9.78. The van der Waals surface area contributed by atoms with E-state index in [1.165, 1.54) is 6.07 Å². The molecule has 7 nitrogen and oxygen atoms in total. The van der Waals surface area contributed by atoms with Gasteiger partial charge in [0.25, 0.3) is 0 Å². The Balaban J connectivity index is 0.000000426. The number of pyridine rings is 1. The summed E-state index contributed by atoms with van der Waals surface area (Å²) in [7, 11) is 4.82. The molecule has 0 saturated carbocycles. The summed E-state index contributed by atoms with van der Waals surface area (Å²) in [6.45, 7) is 5.09. The van der Waals surface area contributed by atoms with E-state index >= 15 is 0 Å². The van der Waals surface area contributed by atoms with Crippen LogP contribution >= 0.6 is 0 Å². The quantitative estimate of drug-likeness (QED) is 0.763. The second-order valence-corrected chi connectivity index (χ2v) is 6.42. The topological polar surface area (TPSA) is 79.0 Å². The molecule has 2 heterocycles. The van der Waals surface area contributed by atoms with Crippen LogP contribution in [0, 0.1) is 0 Å². The van der Waals surface area contributed by atoms with Crippen molar-refractivity contribution in [3.05, 3.63) is 51.3 Å². The van der Waals surface area contributed by atoms with Crippen molar-refractivity contribution in [2.24, 2.45) is 0 Å². The zero-order valence-electron chi connectivity index (χ0n) is 17.7. The fraction of sp³-hybridized carbons (Fsp3) is 0.500. The SMILES string of the molecule is C1COCCO1.CCc1c(CCc2ccc(OC)cc2OC)[nH]c(OC)cc1=O. The Morgan fingerprint density at radius 1 is 0.931 bits per heavy atom. The lowest BCUT2D eigenvalue weighted by Crippen LogP contribution is -2.16. The molecule has 0 atom stereocenters. The first kappa shape index (κ1) is 22.8. The van der Waals surface area contributed by atoms with Crippen molar-refractivity contribution < 1.29 is 23.7 Å². The van der Waals surface area contributed by atoms with Crippen LogP contribution in [0.15, 0.2) is 29.1 Å². The third-order valence-corrected chi connectivity index (χ3v) is 4.65. The normalized spacial score (nSPS) is 13.2. The summed E-state index contributed by atoms with van der Waals surface area (Å²) in [4.78, 5) is 15.3. The maximum Gasteiger partial charge on any atom is 0.194 e. The lowest BCUT2D eigenvalue weighted by Gasteiger charge is -2.13. The van der Waals surface area contributed by atoms with E-state index in [1.807, 2.05) is 25.1 Å². The maximum atomic E-state index is 12.1. The van der Waals surface area contributed by atoms with Crippen LogP contribution in [0.5, 0.6) is 17.4 Å². The number of nitrogens with one attached hydrogen (secondary N) is 1. The molecule has 1 aromatic carbocycles. The Kier molecular flexibility index (Phi) is 9.53. The number of benzene rings is 1. The average molecular weight is 405 g/mol. The molecular formula is C22H31NO6. The highest BCUT2D eigenvalue weighted by Crippen LogP contribution is 2.26. The minimum atomic E-state index is 0.0137. The maximum absolute atomic E-state index is 12.1. The summed E-state index contributed by atoms with van der Waals surface area (Å²) >= 11 is 0. The van der Waals surface area contributed by atoms with Crippen molar-refractivity contribution in [1.82, 2.24) is 4.98 Å². The van der Waals surface area contributed by atoms with Gasteiger partial charge in [-0.2, -0.15) is 0 Å². The molecule has 0 unspecified atom stereocenters. The van der Waals surface area contributed by atoms with E-state index in [-0.39, 0.29) is 5.43 Å². The van der Waals surface area contributed by atoms with Gasteiger partial charge in [-0.05, 0) is 30.9 Å². The van der Waals surface area contributed by atoms with Gasteiger partial charge in [0.1, 0.15) is 11.5 Å². The van der Waals surface area contributed by atoms with Crippen LogP contribution in [0.4, 0.5) is 0 Å². The number of aromatic amines is 1. The molecule has 0 spiro atoms. The van der Waals surface area contributed by atoms with E-state index in [0.717, 1.165) is 61.2 Å². The monoisotopic (exact) mass is 405 g/mol. The van der Waals surface area contributed by atoms with Gasteiger partial charge in [-0.3, -0.25) is 4.79 Å². The highest BCUT2D eigenvalue weighted by molar-refractivity contribution is 5.41. The smallest absolute Gasteiger partial charge is 0.194 e. The van der Waals surface area contributed by atoms with Gasteiger partial charge >= 0.3 is 0 Å². The number of hydrogen-bond donors (Lipinski definition) is 1. The van der Waals surface area contributed by atoms with Gasteiger partial charge in [0.15, 0.2) is 11.3 Å². The number of ether oxygens (including phenoxy) is 5. The van der Waals surface area contributed by atoms with E-state index in [0.29, 0.717) is 18.7 Å². The molecule has 0 amide bonds. The van der Waals surface area contributed by atoms with Crippen LogP contribution in [0.1, 0.15) is 23.7 Å². The van der Waals surface area contributed by atoms with Crippen molar-refractivity contribution >= 4 is 0 Å². The molecule has 1 aliphatic heterocycles. The summed E-state index contributed by atoms with van der Waals surface area (Å²) in [6, 6.07) is 7.26. The van der Waals surface area contributed by atoms with Crippen LogP contribution in [0.2, 0.25) is 0 Å². The van der Waals surface area contributed by atoms with Crippen molar-refractivity contribution in [3.63, 3.8) is 0 Å². The van der Waals surface area contributed by atoms with Gasteiger partial charge in [-0.1, -0.05) is 13.0 Å². The highest BCUT2D eigenvalue weighted by Gasteiger charge is 2.11. The number of rotatable bonds is 7. The molecule has 1 N–H and O–H groups in total. The Labute approximate surface area is 171 Å². The molecule has 2 aromatic rings. The van der Waals surface area contributed by atoms with E-state index in [4.69, 9.17) is 23.7 Å². The molecule has 7 heteroatoms. The van der Waals surface area contributed by atoms with Crippen molar-refractivity contribution in [2.45, 2.75) is 26.2 Å². The Morgan fingerprint density at radius 2 is 1.62 bits per heavy atom. The molecule has 29 heavy (non-hydrogen) atoms. The summed E-state index contributed by atoms with van der Waals surface area (Å²) in [5.74, 6) is 2.03. The second kappa shape index (κ2) is 12.1. The van der Waals surface area contributed by atoms with Gasteiger partial charge in [0.05, 0.1) is 47.8 Å². The Bertz CT molecular complexity index is 802. The van der Waals surface area contributed by atoms with Crippen LogP contribution in [0.3, 0.4) is 0 Å². The summed E-state index contributed by atoms with van der Waals surface area (Å²) in [6.07, 6.45) is 2.15. The van der Waals surface area contributed by atoms with Gasteiger partial charge in [0.2, 0.25) is 0 Å². The zero-order chi connectivity index (χ0) is 21.1. The largest absolute Gasteiger partial charge is 0.497 e. The average Bonchev–Trinajstić information content (AvgIpc) is 2.78. The van der Waals surface area contributed by atoms with Crippen LogP contribution < -0.4 is 19.6 Å². The second-order valence-electron chi connectivity index (χ2n) is 6.42. The van der Waals surface area contributed by atoms with E-state index in [2.05, 4.69) is 4.98 Å². The molecule has 1 aliphatic rings. The number of aryl methyl sites for hydroxylation is 2. The van der Waals surface area contributed by atoms with Crippen LogP contribution in [-0.4, -0.2) is 52.7 Å². The summed E-state index contributed by atoms with van der Waals surface area (Å²) in [5, 5.41) is 0. The molecular weight excluding hydrogens is 374 g/mol. The van der Waals surface area contributed by atoms with E-state index in [9.17, 15) is 4.79 Å². The van der Waals surface area contributed by atoms with Crippen molar-refractivity contribution in [1.29, 1.82) is 0 Å². The predicted molar refractivity (Wildman–Crippen MR) is 112 cm³/mol. The standard InChI is InChI=1S/C18H23NO4.C4H8O2/c1-5-14-15(19-18(23-4)11-16(14)20)9-7-12-6-8-13(21-2)10-17(12)22-3;1-2-6-4-3-5-1/h6,8,10-11H,5,7,9H2,1-4H3,(H,19,20);1-4H2. The molecule has 3 rings (SSSR count). The minimum absolute atomic E-state index is 0.0137. The fourth-order valence-corrected chi connectivity index (χ4v) is 3.08. The first-order valence-corrected chi connectivity index (χ1v) is 9.78. The number of hydrogen-bond acceptors (Lipinski definition) is 6. The third kappa shape index (κ3) is 6.80. The van der Waals surface area contributed by atoms with Gasteiger partial charge in [-0.25, -0.2) is 0 Å². The van der Waals surface area contributed by atoms with Crippen LogP contribution in [-0.2, 0) is 28.7 Å². The van der Waals surface area contributed by atoms with Gasteiger partial charge in [0, 0.05) is 23.4 Å². The van der Waals surface area contributed by atoms with Crippen molar-refractivity contribution in [2.75, 3.05) is 47.8 Å².